The van der Waals surface area contributed by atoms with Crippen LogP contribution < -0.4 is 14.8 Å². The van der Waals surface area contributed by atoms with E-state index in [9.17, 15) is 0 Å². The lowest BCUT2D eigenvalue weighted by molar-refractivity contribution is 0.314. The van der Waals surface area contributed by atoms with Gasteiger partial charge >= 0.3 is 0 Å². The number of methoxy groups -OCH3 is 1. The van der Waals surface area contributed by atoms with Crippen LogP contribution in [0.25, 0.3) is 0 Å². The fourth-order valence-corrected chi connectivity index (χ4v) is 2.18. The second-order valence-electron chi connectivity index (χ2n) is 4.65. The lowest BCUT2D eigenvalue weighted by atomic mass is 10.2. The summed E-state index contributed by atoms with van der Waals surface area (Å²) >= 11 is 6.04. The molecule has 0 aliphatic carbocycles. The van der Waals surface area contributed by atoms with Crippen LogP contribution in [0.4, 0.5) is 5.69 Å². The van der Waals surface area contributed by atoms with Crippen molar-refractivity contribution in [2.45, 2.75) is 19.9 Å². The van der Waals surface area contributed by atoms with Crippen molar-refractivity contribution in [1.82, 2.24) is 0 Å². The van der Waals surface area contributed by atoms with Gasteiger partial charge in [-0.05, 0) is 30.7 Å². The molecule has 0 bridgehead atoms. The average molecular weight is 306 g/mol. The fourth-order valence-electron chi connectivity index (χ4n) is 2.01. The summed E-state index contributed by atoms with van der Waals surface area (Å²) in [6.45, 7) is 3.46. The first-order valence-corrected chi connectivity index (χ1v) is 7.40. The molecule has 0 fully saturated rings. The van der Waals surface area contributed by atoms with Gasteiger partial charge in [-0.3, -0.25) is 0 Å². The molecule has 0 heterocycles. The number of benzene rings is 2. The quantitative estimate of drug-likeness (QED) is 0.800. The summed E-state index contributed by atoms with van der Waals surface area (Å²) in [4.78, 5) is 0. The van der Waals surface area contributed by atoms with Crippen LogP contribution in [0.1, 0.15) is 18.9 Å². The highest BCUT2D eigenvalue weighted by atomic mass is 35.5. The van der Waals surface area contributed by atoms with E-state index in [0.717, 1.165) is 35.8 Å². The maximum atomic E-state index is 6.04. The Kier molecular flexibility index (Phi) is 5.76. The van der Waals surface area contributed by atoms with Crippen LogP contribution >= 0.6 is 11.6 Å². The first kappa shape index (κ1) is 15.5. The number of anilines is 1. The number of hydrogen-bond acceptors (Lipinski definition) is 3. The summed E-state index contributed by atoms with van der Waals surface area (Å²) in [7, 11) is 1.65. The smallest absolute Gasteiger partial charge is 0.142 e. The van der Waals surface area contributed by atoms with Gasteiger partial charge < -0.3 is 14.8 Å². The van der Waals surface area contributed by atoms with Crippen LogP contribution in [0.3, 0.4) is 0 Å². The second kappa shape index (κ2) is 7.79. The lowest BCUT2D eigenvalue weighted by Gasteiger charge is -2.14. The predicted molar refractivity (Wildman–Crippen MR) is 87.6 cm³/mol. The molecule has 0 aromatic heterocycles. The van der Waals surface area contributed by atoms with Crippen molar-refractivity contribution < 1.29 is 9.47 Å². The molecule has 2 rings (SSSR count). The lowest BCUT2D eigenvalue weighted by Crippen LogP contribution is -2.05. The van der Waals surface area contributed by atoms with Crippen molar-refractivity contribution in [3.8, 4) is 11.5 Å². The van der Waals surface area contributed by atoms with Crippen LogP contribution in [0, 0.1) is 0 Å². The predicted octanol–water partition coefficient (Wildman–Crippen LogP) is 4.75. The largest absolute Gasteiger partial charge is 0.495 e. The summed E-state index contributed by atoms with van der Waals surface area (Å²) < 4.78 is 11.1. The molecule has 0 saturated heterocycles. The zero-order valence-corrected chi connectivity index (χ0v) is 13.1. The van der Waals surface area contributed by atoms with E-state index in [0.29, 0.717) is 11.6 Å². The summed E-state index contributed by atoms with van der Waals surface area (Å²) in [6.07, 6.45) is 0.990. The molecule has 0 atom stereocenters. The van der Waals surface area contributed by atoms with Crippen molar-refractivity contribution in [2.24, 2.45) is 0 Å². The molecule has 0 spiro atoms. The van der Waals surface area contributed by atoms with E-state index in [1.807, 2.05) is 36.4 Å². The third-order valence-electron chi connectivity index (χ3n) is 3.07. The van der Waals surface area contributed by atoms with E-state index in [-0.39, 0.29) is 0 Å². The fraction of sp³-hybridized carbons (Fsp3) is 0.294. The molecule has 0 amide bonds. The van der Waals surface area contributed by atoms with Gasteiger partial charge in [0, 0.05) is 17.1 Å². The highest BCUT2D eigenvalue weighted by Crippen LogP contribution is 2.29. The van der Waals surface area contributed by atoms with Gasteiger partial charge in [-0.2, -0.15) is 0 Å². The minimum absolute atomic E-state index is 0.649. The Morgan fingerprint density at radius 3 is 2.67 bits per heavy atom. The van der Waals surface area contributed by atoms with E-state index in [2.05, 4.69) is 18.3 Å². The van der Waals surface area contributed by atoms with Crippen molar-refractivity contribution in [3.63, 3.8) is 0 Å². The molecule has 0 aliphatic heterocycles. The summed E-state index contributed by atoms with van der Waals surface area (Å²) in [5, 5.41) is 4.02. The van der Waals surface area contributed by atoms with E-state index in [4.69, 9.17) is 21.1 Å². The Morgan fingerprint density at radius 2 is 1.90 bits per heavy atom. The summed E-state index contributed by atoms with van der Waals surface area (Å²) in [6, 6.07) is 13.5. The van der Waals surface area contributed by atoms with Crippen LogP contribution in [0.5, 0.6) is 11.5 Å². The third-order valence-corrected chi connectivity index (χ3v) is 3.30. The first-order valence-electron chi connectivity index (χ1n) is 7.02. The maximum Gasteiger partial charge on any atom is 0.142 e. The molecule has 0 aliphatic rings. The van der Waals surface area contributed by atoms with Gasteiger partial charge in [-0.25, -0.2) is 0 Å². The minimum atomic E-state index is 0.649. The molecule has 112 valence electrons. The van der Waals surface area contributed by atoms with Gasteiger partial charge in [-0.1, -0.05) is 36.7 Å². The molecule has 0 unspecified atom stereocenters. The zero-order chi connectivity index (χ0) is 15.1. The number of nitrogens with one attached hydrogen (secondary N) is 1. The maximum absolute atomic E-state index is 6.04. The molecule has 2 aromatic carbocycles. The van der Waals surface area contributed by atoms with Crippen LogP contribution in [-0.2, 0) is 6.54 Å². The molecular formula is C17H20ClNO2. The standard InChI is InChI=1S/C17H20ClNO2/c1-3-10-21-16-7-5-4-6-13(16)12-19-15-11-14(18)8-9-17(15)20-2/h4-9,11,19H,3,10,12H2,1-2H3. The number of rotatable bonds is 7. The number of halogens is 1. The molecule has 4 heteroatoms. The number of hydrogen-bond donors (Lipinski definition) is 1. The Balaban J connectivity index is 2.11. The van der Waals surface area contributed by atoms with Gasteiger partial charge in [0.2, 0.25) is 0 Å². The van der Waals surface area contributed by atoms with Gasteiger partial charge in [0.1, 0.15) is 11.5 Å². The average Bonchev–Trinajstić information content (AvgIpc) is 2.52. The molecule has 3 nitrogen and oxygen atoms in total. The van der Waals surface area contributed by atoms with Crippen LogP contribution in [0.15, 0.2) is 42.5 Å². The van der Waals surface area contributed by atoms with Crippen molar-refractivity contribution >= 4 is 17.3 Å². The molecular weight excluding hydrogens is 286 g/mol. The van der Waals surface area contributed by atoms with Gasteiger partial charge in [0.15, 0.2) is 0 Å². The van der Waals surface area contributed by atoms with E-state index >= 15 is 0 Å². The second-order valence-corrected chi connectivity index (χ2v) is 5.09. The topological polar surface area (TPSA) is 30.5 Å². The molecule has 2 aromatic rings. The van der Waals surface area contributed by atoms with Crippen LogP contribution in [0.2, 0.25) is 5.02 Å². The Bertz CT molecular complexity index is 587. The summed E-state index contributed by atoms with van der Waals surface area (Å²) in [5.41, 5.74) is 1.98. The highest BCUT2D eigenvalue weighted by molar-refractivity contribution is 6.30. The number of para-hydroxylation sites is 1. The molecule has 0 radical (unpaired) electrons. The first-order chi connectivity index (χ1) is 10.2. The zero-order valence-electron chi connectivity index (χ0n) is 12.4. The van der Waals surface area contributed by atoms with Crippen molar-refractivity contribution in [2.75, 3.05) is 19.0 Å². The van der Waals surface area contributed by atoms with E-state index < -0.39 is 0 Å². The third kappa shape index (κ3) is 4.30. The number of ether oxygens (including phenoxy) is 2. The van der Waals surface area contributed by atoms with Gasteiger partial charge in [-0.15, -0.1) is 0 Å². The normalized spacial score (nSPS) is 10.2. The van der Waals surface area contributed by atoms with E-state index in [1.165, 1.54) is 0 Å². The van der Waals surface area contributed by atoms with E-state index in [1.54, 1.807) is 7.11 Å². The van der Waals surface area contributed by atoms with Crippen LogP contribution in [-0.4, -0.2) is 13.7 Å². The minimum Gasteiger partial charge on any atom is -0.495 e. The van der Waals surface area contributed by atoms with Gasteiger partial charge in [0.05, 0.1) is 19.4 Å². The Labute approximate surface area is 130 Å². The summed E-state index contributed by atoms with van der Waals surface area (Å²) in [5.74, 6) is 1.68. The van der Waals surface area contributed by atoms with Crippen molar-refractivity contribution in [3.05, 3.63) is 53.1 Å². The SMILES string of the molecule is CCCOc1ccccc1CNc1cc(Cl)ccc1OC. The Morgan fingerprint density at radius 1 is 1.10 bits per heavy atom. The Hall–Kier alpha value is -1.87. The monoisotopic (exact) mass is 305 g/mol. The van der Waals surface area contributed by atoms with Gasteiger partial charge in [0.25, 0.3) is 0 Å². The molecule has 21 heavy (non-hydrogen) atoms. The van der Waals surface area contributed by atoms with Crippen molar-refractivity contribution in [1.29, 1.82) is 0 Å². The molecule has 0 saturated carbocycles. The highest BCUT2D eigenvalue weighted by Gasteiger charge is 2.06. The molecule has 1 N–H and O–H groups in total.